The molecule has 112 valence electrons. The molecule has 0 amide bonds. The first kappa shape index (κ1) is 16.2. The number of hydrogen-bond donors (Lipinski definition) is 2. The number of hydrogen-bond acceptors (Lipinski definition) is 3. The Labute approximate surface area is 117 Å². The highest BCUT2D eigenvalue weighted by atomic mass is 16.5. The predicted octanol–water partition coefficient (Wildman–Crippen LogP) is 0.918. The van der Waals surface area contributed by atoms with Gasteiger partial charge in [-0.3, -0.25) is 9.89 Å². The first-order valence-electron chi connectivity index (χ1n) is 7.53. The fourth-order valence-corrected chi connectivity index (χ4v) is 2.35. The minimum atomic E-state index is 0.496. The van der Waals surface area contributed by atoms with Crippen LogP contribution in [0.1, 0.15) is 27.7 Å². The zero-order valence-electron chi connectivity index (χ0n) is 12.9. The molecule has 0 bridgehead atoms. The summed E-state index contributed by atoms with van der Waals surface area (Å²) in [5, 5.41) is 6.55. The fourth-order valence-electron chi connectivity index (χ4n) is 2.35. The summed E-state index contributed by atoms with van der Waals surface area (Å²) in [5.74, 6) is 1.52. The molecule has 1 aliphatic heterocycles. The van der Waals surface area contributed by atoms with Crippen LogP contribution >= 0.6 is 0 Å². The average Bonchev–Trinajstić information content (AvgIpc) is 2.40. The van der Waals surface area contributed by atoms with Crippen LogP contribution in [-0.4, -0.2) is 62.8 Å². The van der Waals surface area contributed by atoms with Crippen molar-refractivity contribution in [3.63, 3.8) is 0 Å². The Hall–Kier alpha value is -0.810. The third-order valence-corrected chi connectivity index (χ3v) is 3.41. The molecule has 1 aliphatic rings. The molecule has 5 nitrogen and oxygen atoms in total. The lowest BCUT2D eigenvalue weighted by atomic mass is 10.0. The topological polar surface area (TPSA) is 48.9 Å². The molecule has 0 saturated carbocycles. The van der Waals surface area contributed by atoms with Crippen LogP contribution in [0, 0.1) is 5.92 Å². The van der Waals surface area contributed by atoms with E-state index in [4.69, 9.17) is 9.73 Å². The van der Waals surface area contributed by atoms with E-state index in [1.807, 2.05) is 0 Å². The number of nitrogens with one attached hydrogen (secondary N) is 2. The summed E-state index contributed by atoms with van der Waals surface area (Å²) in [5.41, 5.74) is 0. The number of rotatable bonds is 6. The largest absolute Gasteiger partial charge is 0.379 e. The van der Waals surface area contributed by atoms with Crippen LogP contribution in [-0.2, 0) is 4.74 Å². The van der Waals surface area contributed by atoms with E-state index in [2.05, 4.69) is 43.2 Å². The number of morpholine rings is 1. The van der Waals surface area contributed by atoms with Gasteiger partial charge in [0.25, 0.3) is 0 Å². The van der Waals surface area contributed by atoms with Gasteiger partial charge in [0.15, 0.2) is 5.96 Å². The van der Waals surface area contributed by atoms with Crippen LogP contribution in [0.2, 0.25) is 0 Å². The molecule has 0 spiro atoms. The zero-order valence-corrected chi connectivity index (χ0v) is 12.9. The summed E-state index contributed by atoms with van der Waals surface area (Å²) in [6, 6.07) is 0.496. The van der Waals surface area contributed by atoms with E-state index in [1.165, 1.54) is 0 Å². The second-order valence-electron chi connectivity index (χ2n) is 5.21. The van der Waals surface area contributed by atoms with Crippen LogP contribution in [0.25, 0.3) is 0 Å². The SMILES string of the molecule is CCNC(=NC[C@@H](C(C)C)N1CCOCC1)NCC. The van der Waals surface area contributed by atoms with Crippen molar-refractivity contribution in [3.05, 3.63) is 0 Å². The van der Waals surface area contributed by atoms with Crippen LogP contribution < -0.4 is 10.6 Å². The Bertz CT molecular complexity index is 254. The van der Waals surface area contributed by atoms with Gasteiger partial charge >= 0.3 is 0 Å². The van der Waals surface area contributed by atoms with E-state index in [-0.39, 0.29) is 0 Å². The zero-order chi connectivity index (χ0) is 14.1. The second-order valence-corrected chi connectivity index (χ2v) is 5.21. The van der Waals surface area contributed by atoms with E-state index >= 15 is 0 Å². The van der Waals surface area contributed by atoms with Gasteiger partial charge in [-0.15, -0.1) is 0 Å². The van der Waals surface area contributed by atoms with Crippen molar-refractivity contribution in [2.24, 2.45) is 10.9 Å². The monoisotopic (exact) mass is 270 g/mol. The molecule has 1 fully saturated rings. The first-order chi connectivity index (χ1) is 9.19. The predicted molar refractivity (Wildman–Crippen MR) is 80.7 cm³/mol. The molecule has 0 unspecified atom stereocenters. The maximum atomic E-state index is 5.43. The van der Waals surface area contributed by atoms with Crippen molar-refractivity contribution in [1.82, 2.24) is 15.5 Å². The normalized spacial score (nSPS) is 18.2. The fraction of sp³-hybridized carbons (Fsp3) is 0.929. The van der Waals surface area contributed by atoms with Gasteiger partial charge in [-0.1, -0.05) is 13.8 Å². The maximum Gasteiger partial charge on any atom is 0.191 e. The van der Waals surface area contributed by atoms with Gasteiger partial charge in [0.2, 0.25) is 0 Å². The lowest BCUT2D eigenvalue weighted by molar-refractivity contribution is 0.00867. The molecule has 2 N–H and O–H groups in total. The van der Waals surface area contributed by atoms with Crippen molar-refractivity contribution in [1.29, 1.82) is 0 Å². The van der Waals surface area contributed by atoms with E-state index in [1.54, 1.807) is 0 Å². The lowest BCUT2D eigenvalue weighted by Crippen LogP contribution is -2.48. The van der Waals surface area contributed by atoms with E-state index in [0.29, 0.717) is 12.0 Å². The number of ether oxygens (including phenoxy) is 1. The van der Waals surface area contributed by atoms with E-state index < -0.39 is 0 Å². The summed E-state index contributed by atoms with van der Waals surface area (Å²) < 4.78 is 5.43. The van der Waals surface area contributed by atoms with Crippen LogP contribution in [0.5, 0.6) is 0 Å². The summed E-state index contributed by atoms with van der Waals surface area (Å²) >= 11 is 0. The molecule has 1 heterocycles. The maximum absolute atomic E-state index is 5.43. The van der Waals surface area contributed by atoms with Crippen LogP contribution in [0.15, 0.2) is 4.99 Å². The minimum absolute atomic E-state index is 0.496. The standard InChI is InChI=1S/C14H30N4O/c1-5-15-14(16-6-2)17-11-13(12(3)4)18-7-9-19-10-8-18/h12-13H,5-11H2,1-4H3,(H2,15,16,17)/t13-/m0/s1. The Morgan fingerprint density at radius 2 is 1.74 bits per heavy atom. The third-order valence-electron chi connectivity index (χ3n) is 3.41. The molecule has 1 atom stereocenters. The van der Waals surface area contributed by atoms with Gasteiger partial charge < -0.3 is 15.4 Å². The molecular weight excluding hydrogens is 240 g/mol. The molecule has 0 aromatic rings. The minimum Gasteiger partial charge on any atom is -0.379 e. The van der Waals surface area contributed by atoms with Gasteiger partial charge in [-0.05, 0) is 19.8 Å². The molecule has 0 aromatic heterocycles. The number of nitrogens with zero attached hydrogens (tertiary/aromatic N) is 2. The van der Waals surface area contributed by atoms with Crippen molar-refractivity contribution < 1.29 is 4.74 Å². The van der Waals surface area contributed by atoms with Crippen molar-refractivity contribution in [2.75, 3.05) is 45.9 Å². The van der Waals surface area contributed by atoms with E-state index in [0.717, 1.165) is 51.9 Å². The molecule has 1 rings (SSSR count). The Morgan fingerprint density at radius 1 is 1.16 bits per heavy atom. The third kappa shape index (κ3) is 5.78. The van der Waals surface area contributed by atoms with Gasteiger partial charge in [0.1, 0.15) is 0 Å². The number of aliphatic imine (C=N–C) groups is 1. The quantitative estimate of drug-likeness (QED) is 0.556. The molecule has 5 heteroatoms. The highest BCUT2D eigenvalue weighted by Gasteiger charge is 2.23. The molecule has 0 aromatic carbocycles. The molecule has 19 heavy (non-hydrogen) atoms. The smallest absolute Gasteiger partial charge is 0.191 e. The Balaban J connectivity index is 2.58. The molecule has 0 radical (unpaired) electrons. The van der Waals surface area contributed by atoms with Gasteiger partial charge in [-0.25, -0.2) is 0 Å². The van der Waals surface area contributed by atoms with Gasteiger partial charge in [-0.2, -0.15) is 0 Å². The molecular formula is C14H30N4O. The average molecular weight is 270 g/mol. The Morgan fingerprint density at radius 3 is 2.21 bits per heavy atom. The van der Waals surface area contributed by atoms with Crippen LogP contribution in [0.4, 0.5) is 0 Å². The molecule has 0 aliphatic carbocycles. The van der Waals surface area contributed by atoms with Gasteiger partial charge in [0.05, 0.1) is 19.8 Å². The summed E-state index contributed by atoms with van der Waals surface area (Å²) in [6.45, 7) is 15.1. The number of guanidine groups is 1. The summed E-state index contributed by atoms with van der Waals surface area (Å²) in [6.07, 6.45) is 0. The van der Waals surface area contributed by atoms with Crippen molar-refractivity contribution in [3.8, 4) is 0 Å². The Kier molecular flexibility index (Phi) is 7.82. The summed E-state index contributed by atoms with van der Waals surface area (Å²) in [4.78, 5) is 7.22. The first-order valence-corrected chi connectivity index (χ1v) is 7.53. The van der Waals surface area contributed by atoms with E-state index in [9.17, 15) is 0 Å². The second kappa shape index (κ2) is 9.15. The summed E-state index contributed by atoms with van der Waals surface area (Å²) in [7, 11) is 0. The van der Waals surface area contributed by atoms with Crippen LogP contribution in [0.3, 0.4) is 0 Å². The molecule has 1 saturated heterocycles. The highest BCUT2D eigenvalue weighted by Crippen LogP contribution is 2.13. The lowest BCUT2D eigenvalue weighted by Gasteiger charge is -2.36. The highest BCUT2D eigenvalue weighted by molar-refractivity contribution is 5.79. The van der Waals surface area contributed by atoms with Crippen molar-refractivity contribution in [2.45, 2.75) is 33.7 Å². The van der Waals surface area contributed by atoms with Gasteiger partial charge in [0, 0.05) is 32.2 Å². The van der Waals surface area contributed by atoms with Crippen molar-refractivity contribution >= 4 is 5.96 Å².